The number of hydrogen-bond donors (Lipinski definition) is 1. The molecule has 13 heavy (non-hydrogen) atoms. The Morgan fingerprint density at radius 2 is 2.23 bits per heavy atom. The van der Waals surface area contributed by atoms with Crippen molar-refractivity contribution in [3.8, 4) is 0 Å². The van der Waals surface area contributed by atoms with Gasteiger partial charge >= 0.3 is 5.97 Å². The van der Waals surface area contributed by atoms with Crippen molar-refractivity contribution >= 4 is 5.97 Å². The van der Waals surface area contributed by atoms with Crippen LogP contribution >= 0.6 is 0 Å². The van der Waals surface area contributed by atoms with Gasteiger partial charge in [0.05, 0.1) is 19.1 Å². The van der Waals surface area contributed by atoms with Crippen LogP contribution in [0, 0.1) is 5.53 Å². The molecule has 0 aliphatic heterocycles. The molecular formula is C9H18N2O2. The molecule has 0 aromatic heterocycles. The summed E-state index contributed by atoms with van der Waals surface area (Å²) in [5.74, 6) is -0.240. The van der Waals surface area contributed by atoms with Gasteiger partial charge in [-0.25, -0.2) is 5.53 Å². The smallest absolute Gasteiger partial charge is 0.308 e. The van der Waals surface area contributed by atoms with E-state index >= 15 is 0 Å². The average Bonchev–Trinajstić information content (AvgIpc) is 2.14. The normalized spacial score (nSPS) is 12.2. The lowest BCUT2D eigenvalue weighted by Gasteiger charge is -2.07. The maximum atomic E-state index is 11.1. The van der Waals surface area contributed by atoms with Gasteiger partial charge in [-0.1, -0.05) is 20.3 Å². The van der Waals surface area contributed by atoms with Crippen molar-refractivity contribution in [3.63, 3.8) is 0 Å². The Morgan fingerprint density at radius 1 is 1.54 bits per heavy atom. The van der Waals surface area contributed by atoms with Crippen LogP contribution in [0.4, 0.5) is 0 Å². The molecule has 0 saturated heterocycles. The summed E-state index contributed by atoms with van der Waals surface area (Å²) in [7, 11) is 0. The van der Waals surface area contributed by atoms with E-state index in [0.717, 1.165) is 12.8 Å². The van der Waals surface area contributed by atoms with Crippen LogP contribution in [0.25, 0.3) is 0 Å². The van der Waals surface area contributed by atoms with E-state index in [4.69, 9.17) is 10.3 Å². The summed E-state index contributed by atoms with van der Waals surface area (Å²) in [5, 5.41) is 3.32. The quantitative estimate of drug-likeness (QED) is 0.377. The second kappa shape index (κ2) is 7.71. The molecule has 0 aliphatic rings. The zero-order chi connectivity index (χ0) is 10.1. The van der Waals surface area contributed by atoms with Crippen LogP contribution in [0.15, 0.2) is 5.11 Å². The van der Waals surface area contributed by atoms with Gasteiger partial charge in [-0.05, 0) is 12.8 Å². The Morgan fingerprint density at radius 3 is 2.69 bits per heavy atom. The third-order valence-corrected chi connectivity index (χ3v) is 1.82. The first-order valence-electron chi connectivity index (χ1n) is 4.76. The van der Waals surface area contributed by atoms with Gasteiger partial charge < -0.3 is 4.74 Å². The molecule has 0 bridgehead atoms. The highest BCUT2D eigenvalue weighted by Crippen LogP contribution is 2.04. The Kier molecular flexibility index (Phi) is 7.15. The van der Waals surface area contributed by atoms with Gasteiger partial charge in [-0.15, -0.1) is 0 Å². The third-order valence-electron chi connectivity index (χ3n) is 1.82. The van der Waals surface area contributed by atoms with Crippen LogP contribution in [-0.4, -0.2) is 18.6 Å². The van der Waals surface area contributed by atoms with E-state index in [0.29, 0.717) is 13.0 Å². The van der Waals surface area contributed by atoms with E-state index < -0.39 is 0 Å². The lowest BCUT2D eigenvalue weighted by Crippen LogP contribution is -2.13. The number of carbonyl (C=O) groups excluding carboxylic acids is 1. The van der Waals surface area contributed by atoms with Gasteiger partial charge in [0.15, 0.2) is 0 Å². The number of ether oxygens (including phenoxy) is 1. The van der Waals surface area contributed by atoms with Gasteiger partial charge in [0, 0.05) is 0 Å². The largest absolute Gasteiger partial charge is 0.466 e. The van der Waals surface area contributed by atoms with E-state index in [-0.39, 0.29) is 18.4 Å². The van der Waals surface area contributed by atoms with Crippen molar-refractivity contribution in [1.29, 1.82) is 5.53 Å². The van der Waals surface area contributed by atoms with Crippen molar-refractivity contribution in [2.24, 2.45) is 5.11 Å². The molecule has 0 fully saturated rings. The predicted molar refractivity (Wildman–Crippen MR) is 49.7 cm³/mol. The van der Waals surface area contributed by atoms with Gasteiger partial charge in [0.2, 0.25) is 0 Å². The minimum Gasteiger partial charge on any atom is -0.466 e. The molecule has 0 amide bonds. The first-order chi connectivity index (χ1) is 6.24. The molecule has 76 valence electrons. The molecule has 0 heterocycles. The molecule has 0 aromatic carbocycles. The molecule has 1 atom stereocenters. The van der Waals surface area contributed by atoms with E-state index in [2.05, 4.69) is 5.11 Å². The number of carbonyl (C=O) groups is 1. The van der Waals surface area contributed by atoms with Gasteiger partial charge in [-0.3, -0.25) is 4.79 Å². The highest BCUT2D eigenvalue weighted by molar-refractivity contribution is 5.70. The summed E-state index contributed by atoms with van der Waals surface area (Å²) in [4.78, 5) is 11.1. The molecule has 0 saturated carbocycles. The Bertz CT molecular complexity index is 160. The zero-order valence-corrected chi connectivity index (χ0v) is 8.38. The maximum absolute atomic E-state index is 11.1. The number of esters is 1. The van der Waals surface area contributed by atoms with E-state index in [1.807, 2.05) is 13.8 Å². The lowest BCUT2D eigenvalue weighted by atomic mass is 10.2. The average molecular weight is 186 g/mol. The second-order valence-electron chi connectivity index (χ2n) is 2.97. The molecular weight excluding hydrogens is 168 g/mol. The van der Waals surface area contributed by atoms with Crippen molar-refractivity contribution < 1.29 is 9.53 Å². The van der Waals surface area contributed by atoms with Crippen LogP contribution in [0.1, 0.15) is 39.5 Å². The van der Waals surface area contributed by atoms with Gasteiger partial charge in [-0.2, -0.15) is 5.11 Å². The Hall–Kier alpha value is -0.930. The summed E-state index contributed by atoms with van der Waals surface area (Å²) in [6.07, 6.45) is 2.88. The fraction of sp³-hybridized carbons (Fsp3) is 0.889. The fourth-order valence-corrected chi connectivity index (χ4v) is 0.863. The second-order valence-corrected chi connectivity index (χ2v) is 2.97. The molecule has 0 unspecified atom stereocenters. The minimum atomic E-state index is -0.240. The first kappa shape index (κ1) is 12.1. The van der Waals surface area contributed by atoms with Gasteiger partial charge in [0.1, 0.15) is 0 Å². The van der Waals surface area contributed by atoms with Crippen molar-refractivity contribution in [1.82, 2.24) is 0 Å². The monoisotopic (exact) mass is 186 g/mol. The number of nitrogens with one attached hydrogen (secondary N) is 1. The summed E-state index contributed by atoms with van der Waals surface area (Å²) in [5.41, 5.74) is 6.78. The number of rotatable bonds is 7. The van der Waals surface area contributed by atoms with Crippen LogP contribution in [-0.2, 0) is 9.53 Å². The summed E-state index contributed by atoms with van der Waals surface area (Å²) >= 11 is 0. The fourth-order valence-electron chi connectivity index (χ4n) is 0.863. The highest BCUT2D eigenvalue weighted by Gasteiger charge is 2.11. The molecule has 4 nitrogen and oxygen atoms in total. The molecule has 0 rings (SSSR count). The Labute approximate surface area is 79.2 Å². The number of hydrogen-bond acceptors (Lipinski definition) is 4. The van der Waals surface area contributed by atoms with E-state index in [1.165, 1.54) is 0 Å². The zero-order valence-electron chi connectivity index (χ0n) is 8.38. The lowest BCUT2D eigenvalue weighted by molar-refractivity contribution is -0.144. The minimum absolute atomic E-state index is 0.200. The maximum Gasteiger partial charge on any atom is 0.308 e. The van der Waals surface area contributed by atoms with Crippen LogP contribution < -0.4 is 0 Å². The topological polar surface area (TPSA) is 62.5 Å². The standard InChI is InChI=1S/C9H18N2O2/c1-3-5-6-13-9(12)7-8(4-2)11-10/h8,10H,3-7H2,1-2H3/t8-/m1/s1. The summed E-state index contributed by atoms with van der Waals surface area (Å²) in [6.45, 7) is 4.44. The molecule has 0 radical (unpaired) electrons. The van der Waals surface area contributed by atoms with Crippen molar-refractivity contribution in [3.05, 3.63) is 0 Å². The molecule has 0 aliphatic carbocycles. The third kappa shape index (κ3) is 6.25. The molecule has 0 aromatic rings. The Balaban J connectivity index is 3.54. The summed E-state index contributed by atoms with van der Waals surface area (Å²) in [6, 6.07) is -0.200. The molecule has 0 spiro atoms. The van der Waals surface area contributed by atoms with Crippen LogP contribution in [0.3, 0.4) is 0 Å². The SMILES string of the molecule is CCCCOC(=O)C[C@@H](CC)N=N. The highest BCUT2D eigenvalue weighted by atomic mass is 16.5. The van der Waals surface area contributed by atoms with Crippen molar-refractivity contribution in [2.45, 2.75) is 45.6 Å². The molecule has 4 heteroatoms. The predicted octanol–water partition coefficient (Wildman–Crippen LogP) is 2.53. The summed E-state index contributed by atoms with van der Waals surface area (Å²) < 4.78 is 4.93. The number of nitrogens with zero attached hydrogens (tertiary/aromatic N) is 1. The van der Waals surface area contributed by atoms with Crippen LogP contribution in [0.5, 0.6) is 0 Å². The first-order valence-corrected chi connectivity index (χ1v) is 4.76. The van der Waals surface area contributed by atoms with Crippen molar-refractivity contribution in [2.75, 3.05) is 6.61 Å². The number of unbranched alkanes of at least 4 members (excludes halogenated alkanes) is 1. The van der Waals surface area contributed by atoms with Crippen LogP contribution in [0.2, 0.25) is 0 Å². The van der Waals surface area contributed by atoms with Gasteiger partial charge in [0.25, 0.3) is 0 Å². The van der Waals surface area contributed by atoms with E-state index in [1.54, 1.807) is 0 Å². The molecule has 1 N–H and O–H groups in total. The van der Waals surface area contributed by atoms with E-state index in [9.17, 15) is 4.79 Å².